The number of carbonyl (C=O) groups is 1. The molecule has 2 aliphatic carbocycles. The quantitative estimate of drug-likeness (QED) is 0.893. The first-order chi connectivity index (χ1) is 11.5. The Bertz CT molecular complexity index is 754. The third-order valence-electron chi connectivity index (χ3n) is 5.22. The van der Waals surface area contributed by atoms with Crippen LogP contribution in [0.3, 0.4) is 0 Å². The first kappa shape index (κ1) is 16.1. The Balaban J connectivity index is 1.62. The summed E-state index contributed by atoms with van der Waals surface area (Å²) in [7, 11) is -3.63. The lowest BCUT2D eigenvalue weighted by Gasteiger charge is -2.51. The van der Waals surface area contributed by atoms with Gasteiger partial charge in [-0.15, -0.1) is 0 Å². The van der Waals surface area contributed by atoms with Crippen LogP contribution in [0.15, 0.2) is 29.2 Å². The standard InChI is InChI=1S/C17H22N2O4S/c20-16(18-14-5-6-14)13-3-1-4-15(11-13)24(21,22)19-9-10-23-12-17(19)7-2-8-17/h1,3-4,11,14H,2,5-10,12H2,(H,18,20). The molecule has 6 nitrogen and oxygen atoms in total. The van der Waals surface area contributed by atoms with Gasteiger partial charge in [0, 0.05) is 18.2 Å². The fraction of sp³-hybridized carbons (Fsp3) is 0.588. The number of nitrogens with one attached hydrogen (secondary N) is 1. The number of ether oxygens (including phenoxy) is 1. The van der Waals surface area contributed by atoms with Gasteiger partial charge >= 0.3 is 0 Å². The van der Waals surface area contributed by atoms with Crippen molar-refractivity contribution in [1.82, 2.24) is 9.62 Å². The highest BCUT2D eigenvalue weighted by atomic mass is 32.2. The molecule has 0 atom stereocenters. The van der Waals surface area contributed by atoms with Crippen LogP contribution in [-0.2, 0) is 14.8 Å². The van der Waals surface area contributed by atoms with Gasteiger partial charge in [-0.3, -0.25) is 4.79 Å². The molecule has 24 heavy (non-hydrogen) atoms. The Kier molecular flexibility index (Phi) is 3.89. The van der Waals surface area contributed by atoms with E-state index in [9.17, 15) is 13.2 Å². The summed E-state index contributed by atoms with van der Waals surface area (Å²) in [6.07, 6.45) is 4.71. The maximum Gasteiger partial charge on any atom is 0.251 e. The number of sulfonamides is 1. The molecule has 130 valence electrons. The van der Waals surface area contributed by atoms with Gasteiger partial charge in [0.2, 0.25) is 10.0 Å². The van der Waals surface area contributed by atoms with E-state index >= 15 is 0 Å². The zero-order valence-corrected chi connectivity index (χ0v) is 14.3. The van der Waals surface area contributed by atoms with Crippen LogP contribution < -0.4 is 5.32 Å². The molecule has 1 aliphatic heterocycles. The molecule has 1 aromatic carbocycles. The summed E-state index contributed by atoms with van der Waals surface area (Å²) in [6.45, 7) is 1.26. The number of nitrogens with zero attached hydrogens (tertiary/aromatic N) is 1. The fourth-order valence-electron chi connectivity index (χ4n) is 3.49. The summed E-state index contributed by atoms with van der Waals surface area (Å²) in [5.41, 5.74) is 0.0162. The first-order valence-electron chi connectivity index (χ1n) is 8.53. The number of morpholine rings is 1. The van der Waals surface area contributed by atoms with E-state index in [4.69, 9.17) is 4.74 Å². The molecular weight excluding hydrogens is 328 g/mol. The van der Waals surface area contributed by atoms with E-state index in [0.717, 1.165) is 32.1 Å². The van der Waals surface area contributed by atoms with Crippen molar-refractivity contribution in [2.75, 3.05) is 19.8 Å². The minimum Gasteiger partial charge on any atom is -0.378 e. The van der Waals surface area contributed by atoms with Crippen molar-refractivity contribution in [2.45, 2.75) is 48.6 Å². The predicted octanol–water partition coefficient (Wildman–Crippen LogP) is 1.52. The molecule has 1 N–H and O–H groups in total. The zero-order valence-electron chi connectivity index (χ0n) is 13.5. The van der Waals surface area contributed by atoms with Crippen LogP contribution in [0.5, 0.6) is 0 Å². The van der Waals surface area contributed by atoms with E-state index < -0.39 is 10.0 Å². The number of hydrogen-bond acceptors (Lipinski definition) is 4. The Labute approximate surface area is 142 Å². The highest BCUT2D eigenvalue weighted by molar-refractivity contribution is 7.89. The molecule has 7 heteroatoms. The van der Waals surface area contributed by atoms with Crippen LogP contribution in [0, 0.1) is 0 Å². The van der Waals surface area contributed by atoms with Gasteiger partial charge in [0.1, 0.15) is 0 Å². The van der Waals surface area contributed by atoms with Crippen molar-refractivity contribution in [2.24, 2.45) is 0 Å². The number of benzene rings is 1. The van der Waals surface area contributed by atoms with Crippen molar-refractivity contribution >= 4 is 15.9 Å². The number of hydrogen-bond donors (Lipinski definition) is 1. The van der Waals surface area contributed by atoms with E-state index in [2.05, 4.69) is 5.32 Å². The second-order valence-corrected chi connectivity index (χ2v) is 8.85. The summed E-state index contributed by atoms with van der Waals surface area (Å²) < 4.78 is 33.4. The topological polar surface area (TPSA) is 75.7 Å². The third kappa shape index (κ3) is 2.74. The molecule has 1 heterocycles. The lowest BCUT2D eigenvalue weighted by molar-refractivity contribution is -0.0649. The smallest absolute Gasteiger partial charge is 0.251 e. The lowest BCUT2D eigenvalue weighted by Crippen LogP contribution is -2.62. The maximum absolute atomic E-state index is 13.1. The van der Waals surface area contributed by atoms with Crippen molar-refractivity contribution in [3.05, 3.63) is 29.8 Å². The number of carbonyl (C=O) groups excluding carboxylic acids is 1. The van der Waals surface area contributed by atoms with Gasteiger partial charge in [-0.2, -0.15) is 4.31 Å². The van der Waals surface area contributed by atoms with Crippen LogP contribution in [0.1, 0.15) is 42.5 Å². The van der Waals surface area contributed by atoms with Gasteiger partial charge in [0.25, 0.3) is 5.91 Å². The van der Waals surface area contributed by atoms with E-state index in [1.807, 2.05) is 0 Å². The fourth-order valence-corrected chi connectivity index (χ4v) is 5.33. The highest BCUT2D eigenvalue weighted by Gasteiger charge is 2.50. The van der Waals surface area contributed by atoms with Gasteiger partial charge in [-0.25, -0.2) is 8.42 Å². The van der Waals surface area contributed by atoms with Gasteiger partial charge in [-0.05, 0) is 50.3 Å². The van der Waals surface area contributed by atoms with Crippen molar-refractivity contribution < 1.29 is 17.9 Å². The second kappa shape index (κ2) is 5.82. The summed E-state index contributed by atoms with van der Waals surface area (Å²) in [6, 6.07) is 6.62. The Morgan fingerprint density at radius 2 is 2.08 bits per heavy atom. The average molecular weight is 350 g/mol. The van der Waals surface area contributed by atoms with Crippen LogP contribution >= 0.6 is 0 Å². The second-order valence-electron chi connectivity index (χ2n) is 6.98. The van der Waals surface area contributed by atoms with Gasteiger partial charge in [0.15, 0.2) is 0 Å². The monoisotopic (exact) mass is 350 g/mol. The molecule has 3 fully saturated rings. The van der Waals surface area contributed by atoms with Gasteiger partial charge in [-0.1, -0.05) is 6.07 Å². The molecule has 1 amide bonds. The number of rotatable bonds is 4. The maximum atomic E-state index is 13.1. The lowest BCUT2D eigenvalue weighted by atomic mass is 9.77. The Hall–Kier alpha value is -1.44. The summed E-state index contributed by atoms with van der Waals surface area (Å²) in [5, 5.41) is 2.90. The van der Waals surface area contributed by atoms with Crippen molar-refractivity contribution in [1.29, 1.82) is 0 Å². The Morgan fingerprint density at radius 1 is 1.29 bits per heavy atom. The summed E-state index contributed by atoms with van der Waals surface area (Å²) in [5.74, 6) is -0.199. The molecule has 1 spiro atoms. The molecule has 0 aromatic heterocycles. The number of amides is 1. The average Bonchev–Trinajstić information content (AvgIpc) is 3.37. The normalized spacial score (nSPS) is 23.7. The van der Waals surface area contributed by atoms with E-state index in [-0.39, 0.29) is 22.4 Å². The largest absolute Gasteiger partial charge is 0.378 e. The highest BCUT2D eigenvalue weighted by Crippen LogP contribution is 2.42. The molecule has 3 aliphatic rings. The van der Waals surface area contributed by atoms with E-state index in [1.54, 1.807) is 22.5 Å². The minimum absolute atomic E-state index is 0.194. The van der Waals surface area contributed by atoms with Crippen LogP contribution in [0.2, 0.25) is 0 Å². The molecule has 2 saturated carbocycles. The molecule has 0 unspecified atom stereocenters. The van der Waals surface area contributed by atoms with Crippen LogP contribution in [-0.4, -0.2) is 50.0 Å². The predicted molar refractivity (Wildman–Crippen MR) is 88.2 cm³/mol. The molecule has 1 saturated heterocycles. The molecule has 0 bridgehead atoms. The molecule has 4 rings (SSSR count). The first-order valence-corrected chi connectivity index (χ1v) is 9.97. The van der Waals surface area contributed by atoms with Crippen molar-refractivity contribution in [3.8, 4) is 0 Å². The zero-order chi connectivity index (χ0) is 16.8. The molecular formula is C17H22N2O4S. The molecule has 1 aromatic rings. The Morgan fingerprint density at radius 3 is 2.75 bits per heavy atom. The summed E-state index contributed by atoms with van der Waals surface area (Å²) >= 11 is 0. The summed E-state index contributed by atoms with van der Waals surface area (Å²) in [4.78, 5) is 12.4. The van der Waals surface area contributed by atoms with Gasteiger partial charge < -0.3 is 10.1 Å². The SMILES string of the molecule is O=C(NC1CC1)c1cccc(S(=O)(=O)N2CCOCC23CCC3)c1. The van der Waals surface area contributed by atoms with Crippen molar-refractivity contribution in [3.63, 3.8) is 0 Å². The van der Waals surface area contributed by atoms with Crippen LogP contribution in [0.4, 0.5) is 0 Å². The minimum atomic E-state index is -3.63. The van der Waals surface area contributed by atoms with Gasteiger partial charge in [0.05, 0.1) is 23.6 Å². The third-order valence-corrected chi connectivity index (χ3v) is 7.22. The molecule has 0 radical (unpaired) electrons. The van der Waals surface area contributed by atoms with E-state index in [1.165, 1.54) is 6.07 Å². The van der Waals surface area contributed by atoms with E-state index in [0.29, 0.717) is 25.3 Å². The van der Waals surface area contributed by atoms with Crippen LogP contribution in [0.25, 0.3) is 0 Å².